The fourth-order valence-corrected chi connectivity index (χ4v) is 5.06. The van der Waals surface area contributed by atoms with E-state index in [-0.39, 0.29) is 29.9 Å². The van der Waals surface area contributed by atoms with Gasteiger partial charge < -0.3 is 20.9 Å². The third kappa shape index (κ3) is 5.04. The molecule has 0 bridgehead atoms. The summed E-state index contributed by atoms with van der Waals surface area (Å²) in [5, 5.41) is 10.7. The van der Waals surface area contributed by atoms with E-state index in [9.17, 15) is 9.59 Å². The summed E-state index contributed by atoms with van der Waals surface area (Å²) in [6, 6.07) is 7.46. The second kappa shape index (κ2) is 9.49. The molecule has 4 rings (SSSR count). The highest BCUT2D eigenvalue weighted by Crippen LogP contribution is 2.26. The molecule has 2 amide bonds. The zero-order valence-corrected chi connectivity index (χ0v) is 18.5. The number of hydrogen-bond donors (Lipinski definition) is 3. The molecule has 3 aliphatic heterocycles. The largest absolute Gasteiger partial charge is 0.358 e. The summed E-state index contributed by atoms with van der Waals surface area (Å²) in [6.45, 7) is 3.11. The Balaban J connectivity index is 1.30. The molecule has 0 aromatic heterocycles. The molecule has 0 aliphatic carbocycles. The Morgan fingerprint density at radius 2 is 1.97 bits per heavy atom. The van der Waals surface area contributed by atoms with Crippen molar-refractivity contribution in [3.05, 3.63) is 29.3 Å². The molecule has 1 aromatic carbocycles. The molecule has 3 fully saturated rings. The topological polar surface area (TPSA) is 76.7 Å². The number of carbonyl (C=O) groups is 2. The van der Waals surface area contributed by atoms with Crippen LogP contribution in [-0.4, -0.2) is 71.0 Å². The molecule has 3 unspecified atom stereocenters. The summed E-state index contributed by atoms with van der Waals surface area (Å²) in [6.07, 6.45) is 4.23. The number of hydrogen-bond acceptors (Lipinski definition) is 4. The van der Waals surface area contributed by atoms with Gasteiger partial charge in [-0.15, -0.1) is 0 Å². The highest BCUT2D eigenvalue weighted by molar-refractivity contribution is 7.80. The van der Waals surface area contributed by atoms with E-state index in [2.05, 4.69) is 20.9 Å². The minimum Gasteiger partial charge on any atom is -0.358 e. The first-order chi connectivity index (χ1) is 14.5. The molecule has 3 atom stereocenters. The molecule has 0 saturated carbocycles. The number of carbonyl (C=O) groups excluding carboxylic acids is 2. The van der Waals surface area contributed by atoms with Gasteiger partial charge in [0.1, 0.15) is 0 Å². The van der Waals surface area contributed by atoms with Crippen molar-refractivity contribution in [1.82, 2.24) is 20.4 Å². The molecule has 3 N–H and O–H groups in total. The van der Waals surface area contributed by atoms with Gasteiger partial charge in [-0.1, -0.05) is 11.6 Å². The lowest BCUT2D eigenvalue weighted by Gasteiger charge is -2.37. The van der Waals surface area contributed by atoms with E-state index in [1.807, 2.05) is 17.0 Å². The number of benzene rings is 1. The number of amides is 2. The summed E-state index contributed by atoms with van der Waals surface area (Å²) in [4.78, 5) is 29.0. The van der Waals surface area contributed by atoms with Gasteiger partial charge in [-0.25, -0.2) is 0 Å². The van der Waals surface area contributed by atoms with Gasteiger partial charge in [-0.3, -0.25) is 14.5 Å². The van der Waals surface area contributed by atoms with Crippen molar-refractivity contribution in [1.29, 1.82) is 0 Å². The number of rotatable bonds is 5. The van der Waals surface area contributed by atoms with Gasteiger partial charge in [0.25, 0.3) is 0 Å². The first-order valence-corrected chi connectivity index (χ1v) is 11.4. The van der Waals surface area contributed by atoms with Crippen molar-refractivity contribution in [3.63, 3.8) is 0 Å². The fraction of sp³-hybridized carbons (Fsp3) is 0.571. The van der Waals surface area contributed by atoms with Crippen LogP contribution in [-0.2, 0) is 9.59 Å². The highest BCUT2D eigenvalue weighted by Gasteiger charge is 2.43. The van der Waals surface area contributed by atoms with Crippen LogP contribution in [0, 0.1) is 0 Å². The van der Waals surface area contributed by atoms with Gasteiger partial charge in [-0.05, 0) is 62.2 Å². The van der Waals surface area contributed by atoms with Crippen LogP contribution in [0.4, 0.5) is 5.69 Å². The molecule has 3 aliphatic rings. The minimum atomic E-state index is -0.165. The van der Waals surface area contributed by atoms with E-state index in [1.165, 1.54) is 0 Å². The predicted octanol–water partition coefficient (Wildman–Crippen LogP) is 1.97. The Kier molecular flexibility index (Phi) is 6.75. The van der Waals surface area contributed by atoms with E-state index < -0.39 is 0 Å². The Morgan fingerprint density at radius 3 is 2.70 bits per heavy atom. The number of nitrogens with one attached hydrogen (secondary N) is 3. The van der Waals surface area contributed by atoms with Crippen LogP contribution in [0.2, 0.25) is 5.02 Å². The quantitative estimate of drug-likeness (QED) is 0.597. The lowest BCUT2D eigenvalue weighted by atomic mass is 10.0. The summed E-state index contributed by atoms with van der Waals surface area (Å²) in [5.41, 5.74) is 0.865. The van der Waals surface area contributed by atoms with Crippen LogP contribution in [0.3, 0.4) is 0 Å². The number of piperazine rings is 1. The summed E-state index contributed by atoms with van der Waals surface area (Å²) < 4.78 is 0. The van der Waals surface area contributed by atoms with Crippen molar-refractivity contribution in [2.24, 2.45) is 0 Å². The van der Waals surface area contributed by atoms with Crippen molar-refractivity contribution in [2.45, 2.75) is 50.2 Å². The molecule has 0 spiro atoms. The van der Waals surface area contributed by atoms with Crippen molar-refractivity contribution in [2.75, 3.05) is 31.5 Å². The van der Waals surface area contributed by atoms with E-state index in [0.29, 0.717) is 29.5 Å². The normalized spacial score (nSPS) is 26.2. The average molecular weight is 450 g/mol. The molecule has 0 radical (unpaired) electrons. The first kappa shape index (κ1) is 21.3. The van der Waals surface area contributed by atoms with E-state index >= 15 is 0 Å². The molecule has 7 nitrogen and oxygen atoms in total. The SMILES string of the molecule is O=C1NCC(CCC(=O)N2CCCC2)N2CC(NC(=S)Nc3ccc(Cl)cc3)CC12. The monoisotopic (exact) mass is 449 g/mol. The molecule has 1 aromatic rings. The van der Waals surface area contributed by atoms with Gasteiger partial charge in [0, 0.05) is 55.4 Å². The van der Waals surface area contributed by atoms with Crippen molar-refractivity contribution < 1.29 is 9.59 Å². The number of likely N-dealkylation sites (tertiary alicyclic amines) is 1. The smallest absolute Gasteiger partial charge is 0.237 e. The minimum absolute atomic E-state index is 0.0676. The molecular formula is C21H28ClN5O2S. The maximum Gasteiger partial charge on any atom is 0.237 e. The van der Waals surface area contributed by atoms with Crippen LogP contribution in [0.25, 0.3) is 0 Å². The Morgan fingerprint density at radius 1 is 1.23 bits per heavy atom. The molecule has 3 heterocycles. The van der Waals surface area contributed by atoms with E-state index in [4.69, 9.17) is 23.8 Å². The lowest BCUT2D eigenvalue weighted by molar-refractivity contribution is -0.131. The zero-order chi connectivity index (χ0) is 21.1. The van der Waals surface area contributed by atoms with Gasteiger partial charge in [0.15, 0.2) is 5.11 Å². The molecule has 3 saturated heterocycles. The van der Waals surface area contributed by atoms with Crippen LogP contribution >= 0.6 is 23.8 Å². The Hall–Kier alpha value is -1.90. The maximum absolute atomic E-state index is 12.4. The number of halogens is 1. The van der Waals surface area contributed by atoms with Gasteiger partial charge >= 0.3 is 0 Å². The summed E-state index contributed by atoms with van der Waals surface area (Å²) in [5.74, 6) is 0.307. The van der Waals surface area contributed by atoms with Crippen LogP contribution < -0.4 is 16.0 Å². The van der Waals surface area contributed by atoms with Crippen LogP contribution in [0.5, 0.6) is 0 Å². The number of anilines is 1. The second-order valence-corrected chi connectivity index (χ2v) is 9.12. The van der Waals surface area contributed by atoms with Crippen LogP contribution in [0.15, 0.2) is 24.3 Å². The Labute approximate surface area is 187 Å². The predicted molar refractivity (Wildman–Crippen MR) is 122 cm³/mol. The number of fused-ring (bicyclic) bond motifs is 1. The highest BCUT2D eigenvalue weighted by atomic mass is 35.5. The lowest BCUT2D eigenvalue weighted by Crippen LogP contribution is -2.58. The standard InChI is InChI=1S/C21H28ClN5O2S/c22-14-3-5-15(6-4-14)24-21(30)25-16-11-18-20(29)23-12-17(27(18)13-16)7-8-19(28)26-9-1-2-10-26/h3-6,16-18H,1-2,7-13H2,(H,23,29)(H2,24,25,30). The Bertz CT molecular complexity index is 799. The number of nitrogens with zero attached hydrogens (tertiary/aromatic N) is 2. The van der Waals surface area contributed by atoms with E-state index in [1.54, 1.807) is 12.1 Å². The molecule has 162 valence electrons. The third-order valence-electron chi connectivity index (χ3n) is 6.21. The molecule has 9 heteroatoms. The van der Waals surface area contributed by atoms with E-state index in [0.717, 1.165) is 44.6 Å². The zero-order valence-electron chi connectivity index (χ0n) is 16.9. The van der Waals surface area contributed by atoms with Crippen molar-refractivity contribution >= 4 is 46.4 Å². The first-order valence-electron chi connectivity index (χ1n) is 10.6. The number of thiocarbonyl (C=S) groups is 1. The van der Waals surface area contributed by atoms with Gasteiger partial charge in [0.05, 0.1) is 6.04 Å². The summed E-state index contributed by atoms with van der Waals surface area (Å²) in [7, 11) is 0. The second-order valence-electron chi connectivity index (χ2n) is 8.28. The molecular weight excluding hydrogens is 422 g/mol. The maximum atomic E-state index is 12.4. The van der Waals surface area contributed by atoms with Crippen LogP contribution in [0.1, 0.15) is 32.1 Å². The average Bonchev–Trinajstić information content (AvgIpc) is 3.39. The third-order valence-corrected chi connectivity index (χ3v) is 6.68. The van der Waals surface area contributed by atoms with Gasteiger partial charge in [0.2, 0.25) is 11.8 Å². The van der Waals surface area contributed by atoms with Crippen molar-refractivity contribution in [3.8, 4) is 0 Å². The summed E-state index contributed by atoms with van der Waals surface area (Å²) >= 11 is 11.4. The van der Waals surface area contributed by atoms with Gasteiger partial charge in [-0.2, -0.15) is 0 Å². The molecule has 30 heavy (non-hydrogen) atoms. The fourth-order valence-electron chi connectivity index (χ4n) is 4.65.